The first-order chi connectivity index (χ1) is 26.6. The van der Waals surface area contributed by atoms with Gasteiger partial charge in [-0.15, -0.1) is 0 Å². The third-order valence-corrected chi connectivity index (χ3v) is 5.95. The Bertz CT molecular complexity index is 1650. The zero-order valence-corrected chi connectivity index (χ0v) is 29.6. The van der Waals surface area contributed by atoms with Crippen LogP contribution >= 0.6 is 0 Å². The molecule has 2 unspecified atom stereocenters. The number of aliphatic hydroxyl groups is 1. The highest BCUT2D eigenvalue weighted by molar-refractivity contribution is 6.03. The first kappa shape index (κ1) is 47.6. The summed E-state index contributed by atoms with van der Waals surface area (Å²) in [6.45, 7) is 1.78. The molecule has 29 heteroatoms. The molecule has 0 saturated carbocycles. The zero-order chi connectivity index (χ0) is 43.3. The number of carbonyl (C=O) groups is 13. The van der Waals surface area contributed by atoms with Crippen LogP contribution in [-0.4, -0.2) is 112 Å². The standard InChI is InChI=1S/C28H31N3O26/c1-13(32)46-48-16(34)4-6-19(37)51-55-23(41)11-28(45,26(44)57-53-21(39)9-5-17(35)49-47-14(2)33)12-24(42)56-52-20(38)8-7-18(36)50-54-22(40)10-15-25(43)30-27(29)31(15)3/h15,45H,4-12H2,1-3H3,(H2,29,30,43). The molecule has 0 aromatic heterocycles. The summed E-state index contributed by atoms with van der Waals surface area (Å²) in [7, 11) is 1.36. The van der Waals surface area contributed by atoms with Gasteiger partial charge in [0.2, 0.25) is 0 Å². The van der Waals surface area contributed by atoms with Gasteiger partial charge in [0.1, 0.15) is 6.04 Å². The molecule has 314 valence electrons. The molecule has 0 fully saturated rings. The van der Waals surface area contributed by atoms with E-state index in [9.17, 15) is 67.4 Å². The SMILES string of the molecule is CC(=O)OOC(=O)CCC(=O)OOC(=O)CC(O)(CC(=O)OOC(=O)CCC(=O)OOC(=O)CC1C(=O)N=C(N)N1C)C(=O)OOC(=O)CCC(=O)OOC(C)=O. The maximum Gasteiger partial charge on any atom is 0.387 e. The Morgan fingerprint density at radius 2 is 0.842 bits per heavy atom. The van der Waals surface area contributed by atoms with E-state index in [-0.39, 0.29) is 5.96 Å². The molecule has 1 amide bonds. The van der Waals surface area contributed by atoms with Crippen molar-refractivity contribution in [3.63, 3.8) is 0 Å². The Labute approximate surface area is 315 Å². The molecule has 1 aliphatic rings. The van der Waals surface area contributed by atoms with Crippen LogP contribution in [0.25, 0.3) is 0 Å². The molecule has 57 heavy (non-hydrogen) atoms. The number of nitrogens with zero attached hydrogens (tertiary/aromatic N) is 2. The summed E-state index contributed by atoms with van der Waals surface area (Å²) < 4.78 is 0. The first-order valence-corrected chi connectivity index (χ1v) is 15.3. The Morgan fingerprint density at radius 3 is 1.16 bits per heavy atom. The van der Waals surface area contributed by atoms with Gasteiger partial charge in [-0.05, 0) is 0 Å². The van der Waals surface area contributed by atoms with Crippen LogP contribution in [0.15, 0.2) is 4.99 Å². The molecule has 0 aliphatic carbocycles. The summed E-state index contributed by atoms with van der Waals surface area (Å²) in [6.07, 6.45) is -9.03. The molecule has 0 spiro atoms. The number of likely N-dealkylation sites (N-methyl/N-ethyl adjacent to an activating group) is 1. The van der Waals surface area contributed by atoms with Gasteiger partial charge in [0, 0.05) is 20.9 Å². The van der Waals surface area contributed by atoms with Crippen LogP contribution in [0.4, 0.5) is 0 Å². The van der Waals surface area contributed by atoms with E-state index in [0.717, 1.165) is 18.7 Å². The zero-order valence-electron chi connectivity index (χ0n) is 29.6. The maximum absolute atomic E-state index is 12.6. The van der Waals surface area contributed by atoms with Crippen LogP contribution < -0.4 is 5.73 Å². The maximum atomic E-state index is 12.6. The molecule has 2 atom stereocenters. The van der Waals surface area contributed by atoms with Gasteiger partial charge in [-0.1, -0.05) is 0 Å². The van der Waals surface area contributed by atoms with Crippen LogP contribution in [0.5, 0.6) is 0 Å². The van der Waals surface area contributed by atoms with Crippen molar-refractivity contribution in [2.75, 3.05) is 7.05 Å². The molecular weight excluding hydrogens is 794 g/mol. The van der Waals surface area contributed by atoms with E-state index in [2.05, 4.69) is 63.6 Å². The van der Waals surface area contributed by atoms with Crippen molar-refractivity contribution in [3.05, 3.63) is 0 Å². The number of nitrogens with two attached hydrogens (primary N) is 1. The lowest BCUT2D eigenvalue weighted by Crippen LogP contribution is -2.45. The number of rotatable bonds is 16. The lowest BCUT2D eigenvalue weighted by atomic mass is 9.96. The van der Waals surface area contributed by atoms with Crippen LogP contribution in [0.1, 0.15) is 71.6 Å². The quantitative estimate of drug-likeness (QED) is 0.112. The van der Waals surface area contributed by atoms with E-state index in [0.29, 0.717) is 0 Å². The second kappa shape index (κ2) is 23.4. The summed E-state index contributed by atoms with van der Waals surface area (Å²) in [5.41, 5.74) is 2.00. The van der Waals surface area contributed by atoms with E-state index >= 15 is 0 Å². The van der Waals surface area contributed by atoms with Gasteiger partial charge in [0.05, 0.1) is 57.8 Å². The number of hydrogen-bond acceptors (Lipinski definition) is 28. The third kappa shape index (κ3) is 19.4. The molecule has 29 nitrogen and oxygen atoms in total. The largest absolute Gasteiger partial charge is 0.387 e. The summed E-state index contributed by atoms with van der Waals surface area (Å²) >= 11 is 0. The minimum Gasteiger partial charge on any atom is -0.377 e. The van der Waals surface area contributed by atoms with E-state index in [1.54, 1.807) is 0 Å². The highest BCUT2D eigenvalue weighted by Gasteiger charge is 2.46. The molecule has 3 N–H and O–H groups in total. The highest BCUT2D eigenvalue weighted by Crippen LogP contribution is 2.21. The van der Waals surface area contributed by atoms with Crippen molar-refractivity contribution < 1.29 is 126 Å². The number of amides is 1. The molecule has 0 aromatic rings. The average molecular weight is 826 g/mol. The Hall–Kier alpha value is -7.46. The van der Waals surface area contributed by atoms with Crippen molar-refractivity contribution >= 4 is 83.5 Å². The van der Waals surface area contributed by atoms with Crippen molar-refractivity contribution in [2.45, 2.75) is 83.3 Å². The lowest BCUT2D eigenvalue weighted by molar-refractivity contribution is -0.280. The first-order valence-electron chi connectivity index (χ1n) is 15.3. The molecule has 1 aliphatic heterocycles. The van der Waals surface area contributed by atoms with Crippen LogP contribution in [0, 0.1) is 0 Å². The summed E-state index contributed by atoms with van der Waals surface area (Å²) in [5.74, 6) is -18.1. The number of aliphatic imine (C=N–C) groups is 1. The fraction of sp³-hybridized carbons (Fsp3) is 0.500. The number of hydrogen-bond donors (Lipinski definition) is 2. The van der Waals surface area contributed by atoms with Crippen molar-refractivity contribution in [3.8, 4) is 0 Å². The van der Waals surface area contributed by atoms with Gasteiger partial charge in [-0.3, -0.25) is 4.79 Å². The summed E-state index contributed by atoms with van der Waals surface area (Å²) in [4.78, 5) is 206. The molecule has 0 saturated heterocycles. The Balaban J connectivity index is 2.73. The second-order valence-electron chi connectivity index (χ2n) is 10.6. The monoisotopic (exact) mass is 825 g/mol. The predicted molar refractivity (Wildman–Crippen MR) is 159 cm³/mol. The Kier molecular flexibility index (Phi) is 19.5. The van der Waals surface area contributed by atoms with Crippen LogP contribution in [-0.2, 0) is 121 Å². The summed E-state index contributed by atoms with van der Waals surface area (Å²) in [5, 5.41) is 10.8. The highest BCUT2D eigenvalue weighted by atomic mass is 17.2. The van der Waals surface area contributed by atoms with E-state index in [1.165, 1.54) is 7.05 Å². The molecule has 1 rings (SSSR count). The van der Waals surface area contributed by atoms with Gasteiger partial charge >= 0.3 is 71.6 Å². The normalized spacial score (nSPS) is 13.8. The van der Waals surface area contributed by atoms with Crippen molar-refractivity contribution in [2.24, 2.45) is 10.7 Å². The topological polar surface area (TPSA) is 395 Å². The minimum atomic E-state index is -3.45. The van der Waals surface area contributed by atoms with Gasteiger partial charge in [-0.25, -0.2) is 116 Å². The fourth-order valence-electron chi connectivity index (χ4n) is 3.26. The van der Waals surface area contributed by atoms with Gasteiger partial charge < -0.3 is 15.7 Å². The molecule has 0 aromatic carbocycles. The molecule has 1 heterocycles. The van der Waals surface area contributed by atoms with Crippen LogP contribution in [0.3, 0.4) is 0 Å². The van der Waals surface area contributed by atoms with Crippen LogP contribution in [0.2, 0.25) is 0 Å². The number of carbonyl (C=O) groups excluding carboxylic acids is 13. The van der Waals surface area contributed by atoms with Gasteiger partial charge in [0.15, 0.2) is 11.6 Å². The summed E-state index contributed by atoms with van der Waals surface area (Å²) in [6, 6.07) is -1.12. The molecular formula is C28H31N3O26. The van der Waals surface area contributed by atoms with E-state index in [1.807, 2.05) is 0 Å². The van der Waals surface area contributed by atoms with Gasteiger partial charge in [-0.2, -0.15) is 4.99 Å². The molecule has 0 bridgehead atoms. The smallest absolute Gasteiger partial charge is 0.377 e. The third-order valence-electron chi connectivity index (χ3n) is 5.95. The lowest BCUT2D eigenvalue weighted by Gasteiger charge is -2.21. The minimum absolute atomic E-state index is 0.169. The van der Waals surface area contributed by atoms with E-state index < -0.39 is 147 Å². The average Bonchev–Trinajstić information content (AvgIpc) is 3.38. The second-order valence-corrected chi connectivity index (χ2v) is 10.6. The van der Waals surface area contributed by atoms with Gasteiger partial charge in [0.25, 0.3) is 5.91 Å². The van der Waals surface area contributed by atoms with E-state index in [4.69, 9.17) is 5.73 Å². The fourth-order valence-corrected chi connectivity index (χ4v) is 3.26. The predicted octanol–water partition coefficient (Wildman–Crippen LogP) is -3.57. The molecule has 0 radical (unpaired) electrons. The number of guanidine groups is 1. The Morgan fingerprint density at radius 1 is 0.544 bits per heavy atom. The van der Waals surface area contributed by atoms with Crippen molar-refractivity contribution in [1.82, 2.24) is 4.90 Å². The van der Waals surface area contributed by atoms with Crippen molar-refractivity contribution in [1.29, 1.82) is 0 Å².